The number of rotatable bonds is 8. The predicted molar refractivity (Wildman–Crippen MR) is 164 cm³/mol. The average molecular weight is 582 g/mol. The summed E-state index contributed by atoms with van der Waals surface area (Å²) in [6, 6.07) is 21.3. The van der Waals surface area contributed by atoms with E-state index in [4.69, 9.17) is 4.74 Å². The summed E-state index contributed by atoms with van der Waals surface area (Å²) < 4.78 is 8.54. The summed E-state index contributed by atoms with van der Waals surface area (Å²) in [7, 11) is 0. The monoisotopic (exact) mass is 581 g/mol. The molecule has 4 rings (SSSR count). The minimum absolute atomic E-state index is 0.151. The van der Waals surface area contributed by atoms with Crippen molar-refractivity contribution in [1.29, 1.82) is 10.5 Å². The lowest BCUT2D eigenvalue weighted by Crippen LogP contribution is -2.48. The van der Waals surface area contributed by atoms with Crippen LogP contribution in [0.1, 0.15) is 75.1 Å². The van der Waals surface area contributed by atoms with Crippen LogP contribution in [0.5, 0.6) is 0 Å². The van der Waals surface area contributed by atoms with Gasteiger partial charge in [-0.1, -0.05) is 48.5 Å². The van der Waals surface area contributed by atoms with Crippen LogP contribution in [0, 0.1) is 29.6 Å². The zero-order chi connectivity index (χ0) is 31.2. The summed E-state index contributed by atoms with van der Waals surface area (Å²) in [5.74, 6) is 0. The number of aromatic nitrogens is 2. The molecule has 9 heteroatoms. The fourth-order valence-corrected chi connectivity index (χ4v) is 5.88. The van der Waals surface area contributed by atoms with Crippen molar-refractivity contribution in [2.24, 2.45) is 0 Å². The van der Waals surface area contributed by atoms with E-state index in [1.54, 1.807) is 34.7 Å². The summed E-state index contributed by atoms with van der Waals surface area (Å²) in [6.07, 6.45) is 3.61. The lowest BCUT2D eigenvalue weighted by Gasteiger charge is -2.41. The van der Waals surface area contributed by atoms with E-state index in [-0.39, 0.29) is 24.7 Å². The standard InChI is InChI=1S/C34H39N5O4/c1-25-22-37(23-26-11-6-5-7-12-26)31(41)39(30(25)40)20-10-19-38(32(42)43-33(2,3)4)28-15-17-34(24-36,18-16-28)29-14-9-8-13-27(29)21-35/h5-9,11-14,22,28H,10,15-20,23H2,1-4H3. The smallest absolute Gasteiger partial charge is 0.410 e. The minimum Gasteiger partial charge on any atom is -0.444 e. The molecule has 0 spiro atoms. The van der Waals surface area contributed by atoms with Crippen molar-refractivity contribution < 1.29 is 9.53 Å². The number of amides is 1. The summed E-state index contributed by atoms with van der Waals surface area (Å²) in [5, 5.41) is 19.9. The van der Waals surface area contributed by atoms with E-state index in [0.717, 1.165) is 11.1 Å². The van der Waals surface area contributed by atoms with E-state index >= 15 is 0 Å². The van der Waals surface area contributed by atoms with Crippen molar-refractivity contribution in [3.63, 3.8) is 0 Å². The maximum absolute atomic E-state index is 13.4. The first-order valence-electron chi connectivity index (χ1n) is 14.7. The van der Waals surface area contributed by atoms with Crippen LogP contribution in [-0.2, 0) is 23.2 Å². The molecule has 1 aliphatic carbocycles. The molecule has 0 atom stereocenters. The van der Waals surface area contributed by atoms with E-state index in [2.05, 4.69) is 12.1 Å². The van der Waals surface area contributed by atoms with E-state index in [1.807, 2.05) is 63.2 Å². The van der Waals surface area contributed by atoms with Gasteiger partial charge in [-0.15, -0.1) is 0 Å². The van der Waals surface area contributed by atoms with Crippen molar-refractivity contribution >= 4 is 6.09 Å². The Morgan fingerprint density at radius 2 is 1.70 bits per heavy atom. The predicted octanol–water partition coefficient (Wildman–Crippen LogP) is 5.27. The van der Waals surface area contributed by atoms with Gasteiger partial charge in [0, 0.05) is 30.9 Å². The lowest BCUT2D eigenvalue weighted by molar-refractivity contribution is 0.00977. The Kier molecular flexibility index (Phi) is 9.56. The first-order valence-corrected chi connectivity index (χ1v) is 14.7. The van der Waals surface area contributed by atoms with Crippen LogP contribution in [0.15, 0.2) is 70.4 Å². The largest absolute Gasteiger partial charge is 0.444 e. The second-order valence-electron chi connectivity index (χ2n) is 12.3. The van der Waals surface area contributed by atoms with E-state index < -0.39 is 22.8 Å². The third-order valence-corrected chi connectivity index (χ3v) is 8.04. The zero-order valence-electron chi connectivity index (χ0n) is 25.4. The summed E-state index contributed by atoms with van der Waals surface area (Å²) in [6.45, 7) is 7.91. The number of aryl methyl sites for hydroxylation is 1. The maximum atomic E-state index is 13.4. The van der Waals surface area contributed by atoms with Crippen molar-refractivity contribution in [2.45, 2.75) is 89.9 Å². The molecule has 9 nitrogen and oxygen atoms in total. The van der Waals surface area contributed by atoms with Crippen molar-refractivity contribution in [1.82, 2.24) is 14.0 Å². The van der Waals surface area contributed by atoms with Crippen LogP contribution in [-0.4, -0.2) is 38.3 Å². The van der Waals surface area contributed by atoms with Crippen molar-refractivity contribution in [3.8, 4) is 12.1 Å². The normalized spacial score (nSPS) is 18.3. The fourth-order valence-electron chi connectivity index (χ4n) is 5.88. The molecular formula is C34H39N5O4. The van der Waals surface area contributed by atoms with Gasteiger partial charge in [0.15, 0.2) is 0 Å². The number of hydrogen-bond donors (Lipinski definition) is 0. The van der Waals surface area contributed by atoms with Gasteiger partial charge in [-0.3, -0.25) is 13.9 Å². The van der Waals surface area contributed by atoms with Gasteiger partial charge in [0.25, 0.3) is 5.56 Å². The van der Waals surface area contributed by atoms with Gasteiger partial charge in [0.05, 0.1) is 29.7 Å². The second kappa shape index (κ2) is 13.1. The summed E-state index contributed by atoms with van der Waals surface area (Å²) >= 11 is 0. The third-order valence-electron chi connectivity index (χ3n) is 8.04. The van der Waals surface area contributed by atoms with Crippen LogP contribution >= 0.6 is 0 Å². The quantitative estimate of drug-likeness (QED) is 0.357. The van der Waals surface area contributed by atoms with Crippen LogP contribution in [0.4, 0.5) is 4.79 Å². The number of carbonyl (C=O) groups is 1. The molecule has 43 heavy (non-hydrogen) atoms. The summed E-state index contributed by atoms with van der Waals surface area (Å²) in [4.78, 5) is 41.4. The molecule has 0 unspecified atom stereocenters. The van der Waals surface area contributed by atoms with E-state index in [9.17, 15) is 24.9 Å². The molecule has 1 aliphatic rings. The fraction of sp³-hybridized carbons (Fsp3) is 0.441. The van der Waals surface area contributed by atoms with Crippen LogP contribution in [0.3, 0.4) is 0 Å². The Bertz CT molecular complexity index is 1650. The topological polar surface area (TPSA) is 121 Å². The van der Waals surface area contributed by atoms with Gasteiger partial charge in [0.1, 0.15) is 5.60 Å². The molecule has 0 radical (unpaired) electrons. The molecule has 1 aromatic heterocycles. The van der Waals surface area contributed by atoms with Crippen molar-refractivity contribution in [2.75, 3.05) is 6.54 Å². The highest BCUT2D eigenvalue weighted by Crippen LogP contribution is 2.42. The van der Waals surface area contributed by atoms with Crippen LogP contribution in [0.2, 0.25) is 0 Å². The van der Waals surface area contributed by atoms with Gasteiger partial charge in [-0.25, -0.2) is 9.59 Å². The second-order valence-corrected chi connectivity index (χ2v) is 12.3. The maximum Gasteiger partial charge on any atom is 0.410 e. The molecule has 1 amide bonds. The number of hydrogen-bond acceptors (Lipinski definition) is 6. The molecule has 2 aromatic carbocycles. The summed E-state index contributed by atoms with van der Waals surface area (Å²) in [5.41, 5.74) is 0.402. The van der Waals surface area contributed by atoms with Gasteiger partial charge in [0.2, 0.25) is 0 Å². The highest BCUT2D eigenvalue weighted by Gasteiger charge is 2.41. The molecule has 1 saturated carbocycles. The third kappa shape index (κ3) is 7.24. The molecular weight excluding hydrogens is 542 g/mol. The Labute approximate surface area is 252 Å². The highest BCUT2D eigenvalue weighted by molar-refractivity contribution is 5.68. The van der Waals surface area contributed by atoms with E-state index in [0.29, 0.717) is 49.8 Å². The first kappa shape index (κ1) is 31.3. The molecule has 3 aromatic rings. The first-order chi connectivity index (χ1) is 20.5. The van der Waals surface area contributed by atoms with Gasteiger partial charge in [-0.05, 0) is 77.0 Å². The highest BCUT2D eigenvalue weighted by atomic mass is 16.6. The van der Waals surface area contributed by atoms with Gasteiger partial charge >= 0.3 is 11.8 Å². The van der Waals surface area contributed by atoms with Gasteiger partial charge < -0.3 is 9.64 Å². The number of ether oxygens (including phenoxy) is 1. The number of nitrogens with zero attached hydrogens (tertiary/aromatic N) is 5. The molecule has 0 bridgehead atoms. The molecule has 1 fully saturated rings. The minimum atomic E-state index is -0.804. The van der Waals surface area contributed by atoms with E-state index in [1.165, 1.54) is 4.57 Å². The molecule has 224 valence electrons. The lowest BCUT2D eigenvalue weighted by atomic mass is 9.68. The van der Waals surface area contributed by atoms with Crippen LogP contribution in [0.25, 0.3) is 0 Å². The SMILES string of the molecule is Cc1cn(Cc2ccccc2)c(=O)n(CCCN(C(=O)OC(C)(C)C)C2CCC(C#N)(c3ccccc3C#N)CC2)c1=O. The Morgan fingerprint density at radius 1 is 1.05 bits per heavy atom. The Morgan fingerprint density at radius 3 is 2.33 bits per heavy atom. The Balaban J connectivity index is 1.53. The average Bonchev–Trinajstić information content (AvgIpc) is 2.99. The number of nitriles is 2. The molecule has 0 saturated heterocycles. The molecule has 1 heterocycles. The zero-order valence-corrected chi connectivity index (χ0v) is 25.4. The Hall–Kier alpha value is -4.63. The molecule has 0 N–H and O–H groups in total. The number of carbonyl (C=O) groups excluding carboxylic acids is 1. The van der Waals surface area contributed by atoms with Crippen molar-refractivity contribution in [3.05, 3.63) is 104 Å². The van der Waals surface area contributed by atoms with Gasteiger partial charge in [-0.2, -0.15) is 10.5 Å². The number of benzene rings is 2. The molecule has 0 aliphatic heterocycles. The van der Waals surface area contributed by atoms with Crippen LogP contribution < -0.4 is 11.2 Å².